The van der Waals surface area contributed by atoms with Crippen LogP contribution in [0.4, 0.5) is 10.1 Å². The average Bonchev–Trinajstić information content (AvgIpc) is 2.40. The first kappa shape index (κ1) is 13.6. The maximum absolute atomic E-state index is 12.8. The molecular weight excluding hydrogens is 241 g/mol. The molecule has 0 fully saturated rings. The highest BCUT2D eigenvalue weighted by Gasteiger charge is 2.10. The SMILES string of the molecule is Cc1ccc(C)c(C(O)CNc2ccc(F)cc2)c1. The summed E-state index contributed by atoms with van der Waals surface area (Å²) in [6.45, 7) is 4.38. The maximum Gasteiger partial charge on any atom is 0.123 e. The van der Waals surface area contributed by atoms with E-state index in [-0.39, 0.29) is 5.82 Å². The van der Waals surface area contributed by atoms with Gasteiger partial charge in [-0.1, -0.05) is 23.8 Å². The molecule has 2 N–H and O–H groups in total. The quantitative estimate of drug-likeness (QED) is 0.879. The third-order valence-corrected chi connectivity index (χ3v) is 3.14. The number of nitrogens with one attached hydrogen (secondary N) is 1. The third-order valence-electron chi connectivity index (χ3n) is 3.14. The van der Waals surface area contributed by atoms with E-state index in [0.717, 1.165) is 22.4 Å². The number of hydrogen-bond acceptors (Lipinski definition) is 2. The number of benzene rings is 2. The van der Waals surface area contributed by atoms with Gasteiger partial charge in [-0.2, -0.15) is 0 Å². The van der Waals surface area contributed by atoms with Crippen LogP contribution in [0.1, 0.15) is 22.8 Å². The number of aryl methyl sites for hydroxylation is 2. The largest absolute Gasteiger partial charge is 0.387 e. The monoisotopic (exact) mass is 259 g/mol. The Morgan fingerprint density at radius 3 is 2.47 bits per heavy atom. The highest BCUT2D eigenvalue weighted by Crippen LogP contribution is 2.20. The number of halogens is 1. The molecule has 0 amide bonds. The van der Waals surface area contributed by atoms with Gasteiger partial charge in [0.15, 0.2) is 0 Å². The van der Waals surface area contributed by atoms with E-state index in [1.54, 1.807) is 12.1 Å². The number of hydrogen-bond donors (Lipinski definition) is 2. The fourth-order valence-corrected chi connectivity index (χ4v) is 2.01. The molecule has 0 bridgehead atoms. The van der Waals surface area contributed by atoms with Gasteiger partial charge in [-0.05, 0) is 49.2 Å². The van der Waals surface area contributed by atoms with Gasteiger partial charge in [-0.25, -0.2) is 4.39 Å². The van der Waals surface area contributed by atoms with Gasteiger partial charge in [0.05, 0.1) is 6.10 Å². The molecule has 2 aromatic carbocycles. The van der Waals surface area contributed by atoms with Crippen molar-refractivity contribution in [2.45, 2.75) is 20.0 Å². The Morgan fingerprint density at radius 1 is 1.11 bits per heavy atom. The summed E-state index contributed by atoms with van der Waals surface area (Å²) in [5, 5.41) is 13.3. The normalized spacial score (nSPS) is 12.2. The molecule has 0 saturated heterocycles. The molecule has 0 aliphatic rings. The summed E-state index contributed by atoms with van der Waals surface area (Å²) in [6.07, 6.45) is -0.579. The molecule has 100 valence electrons. The number of aliphatic hydroxyl groups excluding tert-OH is 1. The zero-order chi connectivity index (χ0) is 13.8. The molecular formula is C16H18FNO. The van der Waals surface area contributed by atoms with Crippen LogP contribution in [0.5, 0.6) is 0 Å². The van der Waals surface area contributed by atoms with Crippen molar-refractivity contribution >= 4 is 5.69 Å². The summed E-state index contributed by atoms with van der Waals surface area (Å²) >= 11 is 0. The second-order valence-corrected chi connectivity index (χ2v) is 4.76. The topological polar surface area (TPSA) is 32.3 Å². The predicted octanol–water partition coefficient (Wildman–Crippen LogP) is 3.59. The Kier molecular flexibility index (Phi) is 4.17. The van der Waals surface area contributed by atoms with Crippen molar-refractivity contribution in [2.24, 2.45) is 0 Å². The van der Waals surface area contributed by atoms with E-state index < -0.39 is 6.10 Å². The molecule has 1 atom stereocenters. The Balaban J connectivity index is 2.03. The molecule has 0 saturated carbocycles. The van der Waals surface area contributed by atoms with Crippen molar-refractivity contribution in [3.63, 3.8) is 0 Å². The van der Waals surface area contributed by atoms with Gasteiger partial charge in [0.2, 0.25) is 0 Å². The Labute approximate surface area is 112 Å². The highest BCUT2D eigenvalue weighted by atomic mass is 19.1. The van der Waals surface area contributed by atoms with E-state index in [4.69, 9.17) is 0 Å². The third kappa shape index (κ3) is 3.55. The molecule has 0 spiro atoms. The number of anilines is 1. The Bertz CT molecular complexity index is 551. The van der Waals surface area contributed by atoms with Crippen molar-refractivity contribution in [2.75, 3.05) is 11.9 Å². The van der Waals surface area contributed by atoms with Crippen molar-refractivity contribution < 1.29 is 9.50 Å². The van der Waals surface area contributed by atoms with E-state index in [1.807, 2.05) is 32.0 Å². The van der Waals surface area contributed by atoms with Crippen LogP contribution in [0.3, 0.4) is 0 Å². The summed E-state index contributed by atoms with van der Waals surface area (Å²) in [5.41, 5.74) is 3.92. The molecule has 2 rings (SSSR count). The molecule has 0 heterocycles. The van der Waals surface area contributed by atoms with Gasteiger partial charge in [0.1, 0.15) is 5.82 Å². The predicted molar refractivity (Wildman–Crippen MR) is 75.8 cm³/mol. The van der Waals surface area contributed by atoms with E-state index in [9.17, 15) is 9.50 Å². The Hall–Kier alpha value is -1.87. The number of aliphatic hydroxyl groups is 1. The zero-order valence-electron chi connectivity index (χ0n) is 11.2. The fourth-order valence-electron chi connectivity index (χ4n) is 2.01. The standard InChI is InChI=1S/C16H18FNO/c1-11-3-4-12(2)15(9-11)16(19)10-18-14-7-5-13(17)6-8-14/h3-9,16,18-19H,10H2,1-2H3. The molecule has 2 nitrogen and oxygen atoms in total. The fraction of sp³-hybridized carbons (Fsp3) is 0.250. The van der Waals surface area contributed by atoms with E-state index in [1.165, 1.54) is 12.1 Å². The lowest BCUT2D eigenvalue weighted by atomic mass is 10.0. The highest BCUT2D eigenvalue weighted by molar-refractivity contribution is 5.43. The van der Waals surface area contributed by atoms with Crippen LogP contribution in [0.15, 0.2) is 42.5 Å². The second-order valence-electron chi connectivity index (χ2n) is 4.76. The molecule has 0 aliphatic carbocycles. The lowest BCUT2D eigenvalue weighted by Gasteiger charge is -2.16. The van der Waals surface area contributed by atoms with Crippen LogP contribution in [0.2, 0.25) is 0 Å². The summed E-state index contributed by atoms with van der Waals surface area (Å²) in [5.74, 6) is -0.263. The average molecular weight is 259 g/mol. The summed E-state index contributed by atoms with van der Waals surface area (Å²) < 4.78 is 12.8. The van der Waals surface area contributed by atoms with Crippen molar-refractivity contribution in [3.05, 3.63) is 65.0 Å². The molecule has 3 heteroatoms. The van der Waals surface area contributed by atoms with E-state index in [0.29, 0.717) is 6.54 Å². The van der Waals surface area contributed by atoms with Gasteiger partial charge in [0.25, 0.3) is 0 Å². The number of rotatable bonds is 4. The van der Waals surface area contributed by atoms with E-state index >= 15 is 0 Å². The molecule has 19 heavy (non-hydrogen) atoms. The first-order valence-electron chi connectivity index (χ1n) is 6.31. The van der Waals surface area contributed by atoms with Gasteiger partial charge in [0, 0.05) is 12.2 Å². The minimum absolute atomic E-state index is 0.263. The molecule has 2 aromatic rings. The molecule has 0 aromatic heterocycles. The molecule has 0 radical (unpaired) electrons. The van der Waals surface area contributed by atoms with Crippen LogP contribution in [0.25, 0.3) is 0 Å². The van der Waals surface area contributed by atoms with Gasteiger partial charge < -0.3 is 10.4 Å². The second kappa shape index (κ2) is 5.85. The van der Waals surface area contributed by atoms with Gasteiger partial charge >= 0.3 is 0 Å². The van der Waals surface area contributed by atoms with Crippen LogP contribution in [-0.2, 0) is 0 Å². The summed E-state index contributed by atoms with van der Waals surface area (Å²) in [6, 6.07) is 12.1. The molecule has 1 unspecified atom stereocenters. The molecule has 0 aliphatic heterocycles. The first-order valence-corrected chi connectivity index (χ1v) is 6.31. The van der Waals surface area contributed by atoms with Crippen LogP contribution in [0, 0.1) is 19.7 Å². The van der Waals surface area contributed by atoms with Crippen molar-refractivity contribution in [1.82, 2.24) is 0 Å². The lowest BCUT2D eigenvalue weighted by Crippen LogP contribution is -2.13. The van der Waals surface area contributed by atoms with Gasteiger partial charge in [-0.15, -0.1) is 0 Å². The Morgan fingerprint density at radius 2 is 1.79 bits per heavy atom. The minimum Gasteiger partial charge on any atom is -0.387 e. The van der Waals surface area contributed by atoms with Crippen molar-refractivity contribution in [1.29, 1.82) is 0 Å². The van der Waals surface area contributed by atoms with Crippen LogP contribution in [-0.4, -0.2) is 11.7 Å². The first-order chi connectivity index (χ1) is 9.06. The zero-order valence-corrected chi connectivity index (χ0v) is 11.2. The minimum atomic E-state index is -0.579. The van der Waals surface area contributed by atoms with Crippen LogP contribution >= 0.6 is 0 Å². The van der Waals surface area contributed by atoms with Crippen LogP contribution < -0.4 is 5.32 Å². The van der Waals surface area contributed by atoms with Gasteiger partial charge in [-0.3, -0.25) is 0 Å². The smallest absolute Gasteiger partial charge is 0.123 e. The van der Waals surface area contributed by atoms with Crippen molar-refractivity contribution in [3.8, 4) is 0 Å². The lowest BCUT2D eigenvalue weighted by molar-refractivity contribution is 0.191. The maximum atomic E-state index is 12.8. The summed E-state index contributed by atoms with van der Waals surface area (Å²) in [7, 11) is 0. The van der Waals surface area contributed by atoms with E-state index in [2.05, 4.69) is 5.32 Å². The summed E-state index contributed by atoms with van der Waals surface area (Å²) in [4.78, 5) is 0.